The molecule has 1 rings (SSSR count). The van der Waals surface area contributed by atoms with Gasteiger partial charge >= 0.3 is 6.18 Å². The molecule has 0 aromatic carbocycles. The Hall–Kier alpha value is -1.24. The Morgan fingerprint density at radius 1 is 1.50 bits per heavy atom. The number of nitrogens with two attached hydrogens (primary N) is 1. The Morgan fingerprint density at radius 2 is 2.12 bits per heavy atom. The molecule has 92 valence electrons. The fraction of sp³-hybridized carbons (Fsp3) is 0.667. The summed E-state index contributed by atoms with van der Waals surface area (Å²) in [5, 5.41) is 0. The highest BCUT2D eigenvalue weighted by Gasteiger charge is 2.33. The standard InChI is InChI=1S/C9H14F3N3O/c1-6(2)15(5-9(10,11)12)8-14-7(3-13)4-16-8/h4,6H,3,5,13H2,1-2H3. The van der Waals surface area contributed by atoms with E-state index in [-0.39, 0.29) is 18.6 Å². The number of hydrogen-bond acceptors (Lipinski definition) is 4. The molecule has 2 N–H and O–H groups in total. The van der Waals surface area contributed by atoms with E-state index in [1.165, 1.54) is 6.26 Å². The highest BCUT2D eigenvalue weighted by molar-refractivity contribution is 5.28. The summed E-state index contributed by atoms with van der Waals surface area (Å²) in [5.41, 5.74) is 5.74. The molecule has 0 aliphatic heterocycles. The Balaban J connectivity index is 2.85. The first kappa shape index (κ1) is 12.8. The van der Waals surface area contributed by atoms with Gasteiger partial charge < -0.3 is 15.1 Å². The van der Waals surface area contributed by atoms with Crippen LogP contribution < -0.4 is 10.6 Å². The highest BCUT2D eigenvalue weighted by atomic mass is 19.4. The number of halogens is 3. The van der Waals surface area contributed by atoms with Gasteiger partial charge in [0.2, 0.25) is 0 Å². The molecule has 0 saturated carbocycles. The highest BCUT2D eigenvalue weighted by Crippen LogP contribution is 2.23. The van der Waals surface area contributed by atoms with Gasteiger partial charge in [-0.2, -0.15) is 18.2 Å². The van der Waals surface area contributed by atoms with Crippen LogP contribution in [0.2, 0.25) is 0 Å². The van der Waals surface area contributed by atoms with Crippen molar-refractivity contribution < 1.29 is 17.6 Å². The van der Waals surface area contributed by atoms with E-state index in [0.717, 1.165) is 4.90 Å². The van der Waals surface area contributed by atoms with Crippen molar-refractivity contribution in [3.05, 3.63) is 12.0 Å². The van der Waals surface area contributed by atoms with Crippen molar-refractivity contribution in [3.63, 3.8) is 0 Å². The third-order valence-corrected chi connectivity index (χ3v) is 1.97. The zero-order valence-corrected chi connectivity index (χ0v) is 9.08. The van der Waals surface area contributed by atoms with Gasteiger partial charge in [-0.1, -0.05) is 0 Å². The Labute approximate surface area is 91.2 Å². The number of hydrogen-bond donors (Lipinski definition) is 1. The van der Waals surface area contributed by atoms with Gasteiger partial charge in [0, 0.05) is 12.6 Å². The first-order valence-electron chi connectivity index (χ1n) is 4.81. The molecule has 0 fully saturated rings. The molecule has 0 aliphatic carbocycles. The van der Waals surface area contributed by atoms with Crippen molar-refractivity contribution in [1.29, 1.82) is 0 Å². The van der Waals surface area contributed by atoms with Crippen LogP contribution in [0, 0.1) is 0 Å². The van der Waals surface area contributed by atoms with E-state index in [2.05, 4.69) is 4.98 Å². The minimum Gasteiger partial charge on any atom is -0.432 e. The van der Waals surface area contributed by atoms with Crippen LogP contribution in [0.4, 0.5) is 19.2 Å². The van der Waals surface area contributed by atoms with Crippen molar-refractivity contribution in [2.45, 2.75) is 32.6 Å². The molecule has 0 aliphatic rings. The fourth-order valence-corrected chi connectivity index (χ4v) is 1.19. The molecule has 0 saturated heterocycles. The normalized spacial score (nSPS) is 12.2. The van der Waals surface area contributed by atoms with Crippen molar-refractivity contribution >= 4 is 6.01 Å². The third kappa shape index (κ3) is 3.41. The summed E-state index contributed by atoms with van der Waals surface area (Å²) in [7, 11) is 0. The summed E-state index contributed by atoms with van der Waals surface area (Å²) in [6, 6.07) is -0.404. The summed E-state index contributed by atoms with van der Waals surface area (Å²) >= 11 is 0. The second-order valence-electron chi connectivity index (χ2n) is 3.66. The molecule has 0 radical (unpaired) electrons. The lowest BCUT2D eigenvalue weighted by molar-refractivity contribution is -0.121. The number of anilines is 1. The lowest BCUT2D eigenvalue weighted by Gasteiger charge is -2.25. The topological polar surface area (TPSA) is 55.3 Å². The summed E-state index contributed by atoms with van der Waals surface area (Å²) in [6.45, 7) is 2.33. The quantitative estimate of drug-likeness (QED) is 0.869. The van der Waals surface area contributed by atoms with Crippen molar-refractivity contribution in [3.8, 4) is 0 Å². The van der Waals surface area contributed by atoms with Crippen molar-refractivity contribution in [1.82, 2.24) is 4.98 Å². The molecular formula is C9H14F3N3O. The van der Waals surface area contributed by atoms with Gasteiger partial charge in [-0.05, 0) is 13.8 Å². The first-order valence-corrected chi connectivity index (χ1v) is 4.81. The molecular weight excluding hydrogens is 223 g/mol. The van der Waals surface area contributed by atoms with E-state index in [1.54, 1.807) is 13.8 Å². The van der Waals surface area contributed by atoms with E-state index in [1.807, 2.05) is 0 Å². The molecule has 0 bridgehead atoms. The molecule has 1 aromatic rings. The Morgan fingerprint density at radius 3 is 2.50 bits per heavy atom. The maximum Gasteiger partial charge on any atom is 0.406 e. The minimum absolute atomic E-state index is 0.0484. The van der Waals surface area contributed by atoms with Crippen molar-refractivity contribution in [2.24, 2.45) is 5.73 Å². The average Bonchev–Trinajstić information content (AvgIpc) is 2.60. The van der Waals surface area contributed by atoms with Crippen LogP contribution in [0.25, 0.3) is 0 Å². The molecule has 0 unspecified atom stereocenters. The van der Waals surface area contributed by atoms with Gasteiger partial charge in [-0.15, -0.1) is 0 Å². The SMILES string of the molecule is CC(C)N(CC(F)(F)F)c1nc(CN)co1. The average molecular weight is 237 g/mol. The van der Waals surface area contributed by atoms with Gasteiger partial charge in [0.1, 0.15) is 12.8 Å². The minimum atomic E-state index is -4.29. The van der Waals surface area contributed by atoms with E-state index < -0.39 is 12.7 Å². The number of aromatic nitrogens is 1. The van der Waals surface area contributed by atoms with Crippen LogP contribution in [0.15, 0.2) is 10.7 Å². The first-order chi connectivity index (χ1) is 7.33. The maximum atomic E-state index is 12.3. The van der Waals surface area contributed by atoms with Gasteiger partial charge in [0.15, 0.2) is 0 Å². The zero-order valence-electron chi connectivity index (χ0n) is 9.08. The fourth-order valence-electron chi connectivity index (χ4n) is 1.19. The molecule has 0 amide bonds. The Kier molecular flexibility index (Phi) is 3.79. The van der Waals surface area contributed by atoms with E-state index in [0.29, 0.717) is 5.69 Å². The molecule has 4 nitrogen and oxygen atoms in total. The summed E-state index contributed by atoms with van der Waals surface area (Å²) in [5.74, 6) is 0. The van der Waals surface area contributed by atoms with Crippen LogP contribution in [0.3, 0.4) is 0 Å². The van der Waals surface area contributed by atoms with Gasteiger partial charge in [0.05, 0.1) is 5.69 Å². The zero-order chi connectivity index (χ0) is 12.3. The van der Waals surface area contributed by atoms with E-state index >= 15 is 0 Å². The second-order valence-corrected chi connectivity index (χ2v) is 3.66. The number of alkyl halides is 3. The van der Waals surface area contributed by atoms with Crippen LogP contribution in [0.5, 0.6) is 0 Å². The van der Waals surface area contributed by atoms with Gasteiger partial charge in [0.25, 0.3) is 6.01 Å². The van der Waals surface area contributed by atoms with Gasteiger partial charge in [-0.3, -0.25) is 0 Å². The van der Waals surface area contributed by atoms with Gasteiger partial charge in [-0.25, -0.2) is 0 Å². The molecule has 1 heterocycles. The molecule has 16 heavy (non-hydrogen) atoms. The Bertz CT molecular complexity index is 335. The number of oxazole rings is 1. The molecule has 7 heteroatoms. The molecule has 1 aromatic heterocycles. The summed E-state index contributed by atoms with van der Waals surface area (Å²) in [4.78, 5) is 4.91. The smallest absolute Gasteiger partial charge is 0.406 e. The van der Waals surface area contributed by atoms with E-state index in [9.17, 15) is 13.2 Å². The van der Waals surface area contributed by atoms with Crippen LogP contribution >= 0.6 is 0 Å². The molecule has 0 atom stereocenters. The largest absolute Gasteiger partial charge is 0.432 e. The number of rotatable bonds is 4. The third-order valence-electron chi connectivity index (χ3n) is 1.97. The van der Waals surface area contributed by atoms with E-state index in [4.69, 9.17) is 10.2 Å². The predicted molar refractivity (Wildman–Crippen MR) is 52.9 cm³/mol. The molecule has 0 spiro atoms. The lowest BCUT2D eigenvalue weighted by atomic mass is 10.3. The monoisotopic (exact) mass is 237 g/mol. The maximum absolute atomic E-state index is 12.3. The van der Waals surface area contributed by atoms with Crippen LogP contribution in [-0.2, 0) is 6.54 Å². The van der Waals surface area contributed by atoms with Crippen molar-refractivity contribution in [2.75, 3.05) is 11.4 Å². The summed E-state index contributed by atoms with van der Waals surface area (Å²) in [6.07, 6.45) is -3.03. The van der Waals surface area contributed by atoms with Crippen LogP contribution in [-0.4, -0.2) is 23.7 Å². The summed E-state index contributed by atoms with van der Waals surface area (Å²) < 4.78 is 41.9. The predicted octanol–water partition coefficient (Wildman–Crippen LogP) is 1.91. The second kappa shape index (κ2) is 4.73. The van der Waals surface area contributed by atoms with Crippen LogP contribution in [0.1, 0.15) is 19.5 Å². The number of nitrogens with zero attached hydrogens (tertiary/aromatic N) is 2. The lowest BCUT2D eigenvalue weighted by Crippen LogP contribution is -2.39.